The molecule has 3 aromatic heterocycles. The van der Waals surface area contributed by atoms with Crippen LogP contribution in [0.5, 0.6) is 0 Å². The first kappa shape index (κ1) is 26.1. The molecular formula is C31H30FN7O3. The number of hydrogen-bond donors (Lipinski definition) is 3. The maximum atomic E-state index is 16.1. The van der Waals surface area contributed by atoms with Gasteiger partial charge in [0.2, 0.25) is 0 Å². The number of carbonyl (C=O) groups is 1. The first-order valence-corrected chi connectivity index (χ1v) is 14.1. The largest absolute Gasteiger partial charge is 0.393 e. The fourth-order valence-corrected chi connectivity index (χ4v) is 6.84. The summed E-state index contributed by atoms with van der Waals surface area (Å²) in [6, 6.07) is 14.1. The maximum absolute atomic E-state index is 16.1. The highest BCUT2D eigenvalue weighted by Crippen LogP contribution is 2.41. The third-order valence-corrected chi connectivity index (χ3v) is 8.72. The van der Waals surface area contributed by atoms with Gasteiger partial charge in [0.25, 0.3) is 11.5 Å². The number of aliphatic hydroxyl groups excluding tert-OH is 1. The molecule has 2 aromatic carbocycles. The first-order chi connectivity index (χ1) is 20.3. The molecule has 2 aliphatic rings. The van der Waals surface area contributed by atoms with Crippen molar-refractivity contribution in [2.75, 3.05) is 5.73 Å². The normalized spacial score (nSPS) is 20.2. The highest BCUT2D eigenvalue weighted by molar-refractivity contribution is 6.01. The van der Waals surface area contributed by atoms with Crippen LogP contribution in [0, 0.1) is 5.82 Å². The predicted octanol–water partition coefficient (Wildman–Crippen LogP) is 3.88. The number of aliphatic hydroxyl groups is 1. The van der Waals surface area contributed by atoms with Crippen LogP contribution >= 0.6 is 0 Å². The lowest BCUT2D eigenvalue weighted by Crippen LogP contribution is -2.26. The van der Waals surface area contributed by atoms with Crippen LogP contribution in [-0.4, -0.2) is 41.0 Å². The van der Waals surface area contributed by atoms with E-state index in [1.807, 2.05) is 35.0 Å². The molecule has 3 atom stereocenters. The average Bonchev–Trinajstić information content (AvgIpc) is 3.66. The van der Waals surface area contributed by atoms with E-state index in [4.69, 9.17) is 11.5 Å². The minimum Gasteiger partial charge on any atom is -0.393 e. The van der Waals surface area contributed by atoms with Gasteiger partial charge in [-0.25, -0.2) is 19.0 Å². The van der Waals surface area contributed by atoms with E-state index in [9.17, 15) is 14.7 Å². The number of halogens is 1. The number of nitrogens with two attached hydrogens (primary N) is 2. The van der Waals surface area contributed by atoms with Crippen molar-refractivity contribution in [2.45, 2.75) is 56.7 Å². The number of hydrogen-bond acceptors (Lipinski definition) is 6. The summed E-state index contributed by atoms with van der Waals surface area (Å²) in [6.45, 7) is 0.526. The molecule has 1 aliphatic heterocycles. The molecule has 1 aliphatic carbocycles. The number of para-hydroxylation sites is 1. The summed E-state index contributed by atoms with van der Waals surface area (Å²) in [5, 5.41) is 10.7. The van der Waals surface area contributed by atoms with Gasteiger partial charge in [-0.1, -0.05) is 30.3 Å². The van der Waals surface area contributed by atoms with Gasteiger partial charge in [0.05, 0.1) is 22.9 Å². The van der Waals surface area contributed by atoms with Crippen LogP contribution < -0.4 is 17.0 Å². The zero-order valence-electron chi connectivity index (χ0n) is 22.8. The summed E-state index contributed by atoms with van der Waals surface area (Å²) in [4.78, 5) is 34.7. The van der Waals surface area contributed by atoms with Gasteiger partial charge in [-0.2, -0.15) is 0 Å². The molecule has 0 bridgehead atoms. The Hall–Kier alpha value is -4.77. The van der Waals surface area contributed by atoms with E-state index >= 15 is 4.39 Å². The molecule has 11 heteroatoms. The summed E-state index contributed by atoms with van der Waals surface area (Å²) < 4.78 is 21.4. The van der Waals surface area contributed by atoms with Crippen molar-refractivity contribution in [1.82, 2.24) is 23.9 Å². The lowest BCUT2D eigenvalue weighted by molar-refractivity contribution is 0.0997. The Morgan fingerprint density at radius 3 is 2.57 bits per heavy atom. The number of carbonyl (C=O) groups excluding carboxylic acids is 1. The first-order valence-electron chi connectivity index (χ1n) is 14.1. The lowest BCUT2D eigenvalue weighted by Gasteiger charge is -2.27. The van der Waals surface area contributed by atoms with Crippen LogP contribution in [0.15, 0.2) is 65.8 Å². The highest BCUT2D eigenvalue weighted by Gasteiger charge is 2.34. The van der Waals surface area contributed by atoms with Crippen molar-refractivity contribution < 1.29 is 14.3 Å². The molecule has 0 saturated heterocycles. The third-order valence-electron chi connectivity index (χ3n) is 8.72. The van der Waals surface area contributed by atoms with E-state index in [1.165, 1.54) is 17.1 Å². The number of primary amides is 1. The molecular weight excluding hydrogens is 537 g/mol. The Labute approximate surface area is 240 Å². The summed E-state index contributed by atoms with van der Waals surface area (Å²) in [7, 11) is 0. The van der Waals surface area contributed by atoms with Gasteiger partial charge < -0.3 is 21.1 Å². The van der Waals surface area contributed by atoms with Crippen LogP contribution in [0.3, 0.4) is 0 Å². The van der Waals surface area contributed by atoms with Gasteiger partial charge in [0.1, 0.15) is 29.2 Å². The molecule has 1 amide bonds. The summed E-state index contributed by atoms with van der Waals surface area (Å²) in [6.07, 6.45) is 6.27. The Bertz CT molecular complexity index is 1910. The molecule has 0 radical (unpaired) electrons. The third kappa shape index (κ3) is 4.03. The Morgan fingerprint density at radius 1 is 1.05 bits per heavy atom. The number of benzene rings is 2. The second-order valence-corrected chi connectivity index (χ2v) is 11.2. The Kier molecular flexibility index (Phi) is 6.19. The standard InChI is InChI=1S/C31H30FN7O3/c32-24-13-17(21-7-4-12-38-27(21)26(29(34)41)31(42)39(38)18-5-2-1-3-6-18)8-11-22(24)23-15-37(19-9-10-20(40)14-19)30-25(23)28(33)35-16-36-30/h1-3,5-6,8,11,13,15-16,19-21,40H,4,7,9-10,12,14H2,(H2,34,41)(H2,33,35,36). The fraction of sp³-hybridized carbons (Fsp3) is 0.290. The quantitative estimate of drug-likeness (QED) is 0.294. The van der Waals surface area contributed by atoms with Gasteiger partial charge in [-0.15, -0.1) is 0 Å². The SMILES string of the molecule is NC(=O)c1c2n(n(-c3ccccc3)c1=O)CCCC2c1ccc(-c2cn(C3CCC(O)C3)c3ncnc(N)c23)c(F)c1. The van der Waals surface area contributed by atoms with Crippen LogP contribution in [0.2, 0.25) is 0 Å². The fourth-order valence-electron chi connectivity index (χ4n) is 6.84. The Morgan fingerprint density at radius 2 is 1.86 bits per heavy atom. The molecule has 1 fully saturated rings. The van der Waals surface area contributed by atoms with Gasteiger partial charge in [0, 0.05) is 35.8 Å². The van der Waals surface area contributed by atoms with Gasteiger partial charge in [-0.05, 0) is 55.9 Å². The van der Waals surface area contributed by atoms with Crippen LogP contribution in [0.1, 0.15) is 65.7 Å². The minimum absolute atomic E-state index is 0.0210. The topological polar surface area (TPSA) is 147 Å². The molecule has 7 rings (SSSR count). The van der Waals surface area contributed by atoms with Crippen molar-refractivity contribution in [2.24, 2.45) is 5.73 Å². The highest BCUT2D eigenvalue weighted by atomic mass is 19.1. The summed E-state index contributed by atoms with van der Waals surface area (Å²) in [5.41, 5.74) is 14.8. The number of aromatic nitrogens is 5. The molecule has 1 saturated carbocycles. The molecule has 5 aromatic rings. The zero-order valence-corrected chi connectivity index (χ0v) is 22.8. The van der Waals surface area contributed by atoms with Gasteiger partial charge in [-0.3, -0.25) is 14.3 Å². The van der Waals surface area contributed by atoms with Crippen LogP contribution in [-0.2, 0) is 6.54 Å². The number of rotatable bonds is 5. The van der Waals surface area contributed by atoms with Crippen molar-refractivity contribution in [1.29, 1.82) is 0 Å². The van der Waals surface area contributed by atoms with Crippen molar-refractivity contribution in [3.8, 4) is 16.8 Å². The molecule has 3 unspecified atom stereocenters. The molecule has 10 nitrogen and oxygen atoms in total. The summed E-state index contributed by atoms with van der Waals surface area (Å²) >= 11 is 0. The zero-order chi connectivity index (χ0) is 29.1. The monoisotopic (exact) mass is 567 g/mol. The molecule has 0 spiro atoms. The molecule has 214 valence electrons. The van der Waals surface area contributed by atoms with Gasteiger partial charge in [0.15, 0.2) is 0 Å². The van der Waals surface area contributed by atoms with E-state index < -0.39 is 23.2 Å². The minimum atomic E-state index is -0.803. The summed E-state index contributed by atoms with van der Waals surface area (Å²) in [5.74, 6) is -1.43. The number of amides is 1. The second-order valence-electron chi connectivity index (χ2n) is 11.2. The Balaban J connectivity index is 1.34. The molecule has 5 N–H and O–H groups in total. The van der Waals surface area contributed by atoms with Crippen molar-refractivity contribution in [3.63, 3.8) is 0 Å². The van der Waals surface area contributed by atoms with Crippen molar-refractivity contribution >= 4 is 22.8 Å². The van der Waals surface area contributed by atoms with Crippen LogP contribution in [0.25, 0.3) is 27.8 Å². The van der Waals surface area contributed by atoms with E-state index in [-0.39, 0.29) is 23.5 Å². The smallest absolute Gasteiger partial charge is 0.284 e. The average molecular weight is 568 g/mol. The predicted molar refractivity (Wildman–Crippen MR) is 156 cm³/mol. The van der Waals surface area contributed by atoms with E-state index in [2.05, 4.69) is 9.97 Å². The van der Waals surface area contributed by atoms with Gasteiger partial charge >= 0.3 is 0 Å². The number of anilines is 1. The van der Waals surface area contributed by atoms with Crippen molar-refractivity contribution in [3.05, 3.63) is 94.0 Å². The number of nitrogen functional groups attached to an aromatic ring is 1. The molecule has 42 heavy (non-hydrogen) atoms. The maximum Gasteiger partial charge on any atom is 0.284 e. The van der Waals surface area contributed by atoms with Crippen LogP contribution in [0.4, 0.5) is 10.2 Å². The number of nitrogens with zero attached hydrogens (tertiary/aromatic N) is 5. The lowest BCUT2D eigenvalue weighted by atomic mass is 9.86. The number of fused-ring (bicyclic) bond motifs is 2. The van der Waals surface area contributed by atoms with E-state index in [0.717, 1.165) is 12.8 Å². The van der Waals surface area contributed by atoms with E-state index in [1.54, 1.807) is 22.9 Å². The molecule has 4 heterocycles. The second kappa shape index (κ2) is 9.95. The van der Waals surface area contributed by atoms with E-state index in [0.29, 0.717) is 64.9 Å².